The molecule has 1 aromatic carbocycles. The minimum atomic E-state index is -0.662. The molecule has 1 aromatic rings. The Kier molecular flexibility index (Phi) is 5.58. The molecule has 4 nitrogen and oxygen atoms in total. The van der Waals surface area contributed by atoms with Crippen LogP contribution in [0.4, 0.5) is 4.79 Å². The SMILES string of the molecule is CC(C)C(/C=C/c1ccc(Br)cc1)=N/NC(N)=O. The largest absolute Gasteiger partial charge is 0.350 e. The number of carbonyl (C=O) groups excluding carboxylic acids is 1. The molecule has 18 heavy (non-hydrogen) atoms. The molecule has 0 radical (unpaired) electrons. The van der Waals surface area contributed by atoms with Gasteiger partial charge in [-0.25, -0.2) is 10.2 Å². The smallest absolute Gasteiger partial charge is 0.332 e. The molecule has 0 aliphatic rings. The molecule has 0 saturated carbocycles. The van der Waals surface area contributed by atoms with Crippen molar-refractivity contribution < 1.29 is 4.79 Å². The molecule has 3 N–H and O–H groups in total. The summed E-state index contributed by atoms with van der Waals surface area (Å²) in [6.07, 6.45) is 3.80. The second-order valence-electron chi connectivity index (χ2n) is 4.05. The summed E-state index contributed by atoms with van der Waals surface area (Å²) in [5, 5.41) is 3.95. The van der Waals surface area contributed by atoms with E-state index in [-0.39, 0.29) is 5.92 Å². The fourth-order valence-corrected chi connectivity index (χ4v) is 1.50. The number of hydrogen-bond donors (Lipinski definition) is 2. The zero-order valence-corrected chi connectivity index (χ0v) is 11.9. The van der Waals surface area contributed by atoms with Crippen LogP contribution < -0.4 is 11.2 Å². The van der Waals surface area contributed by atoms with Gasteiger partial charge in [0.15, 0.2) is 0 Å². The average molecular weight is 310 g/mol. The van der Waals surface area contributed by atoms with Crippen LogP contribution in [0.1, 0.15) is 19.4 Å². The van der Waals surface area contributed by atoms with Crippen molar-refractivity contribution in [2.45, 2.75) is 13.8 Å². The number of primary amides is 1. The number of amides is 2. The van der Waals surface area contributed by atoms with Crippen LogP contribution in [-0.2, 0) is 0 Å². The summed E-state index contributed by atoms with van der Waals surface area (Å²) in [5.74, 6) is 0.198. The molecule has 0 atom stereocenters. The highest BCUT2D eigenvalue weighted by atomic mass is 79.9. The number of hydrazone groups is 1. The molecule has 0 heterocycles. The first-order chi connectivity index (χ1) is 8.49. The Bertz CT molecular complexity index is 464. The van der Waals surface area contributed by atoms with Crippen LogP contribution in [0.15, 0.2) is 39.9 Å². The van der Waals surface area contributed by atoms with Gasteiger partial charge in [0.05, 0.1) is 5.71 Å². The number of rotatable bonds is 4. The predicted molar refractivity (Wildman–Crippen MR) is 78.2 cm³/mol. The van der Waals surface area contributed by atoms with Gasteiger partial charge in [0.1, 0.15) is 0 Å². The highest BCUT2D eigenvalue weighted by Gasteiger charge is 2.01. The maximum absolute atomic E-state index is 10.6. The highest BCUT2D eigenvalue weighted by Crippen LogP contribution is 2.12. The molecular formula is C13H16BrN3O. The first-order valence-corrected chi connectivity index (χ1v) is 6.35. The maximum Gasteiger partial charge on any atom is 0.332 e. The van der Waals surface area contributed by atoms with E-state index in [4.69, 9.17) is 5.73 Å². The number of allylic oxidation sites excluding steroid dienone is 1. The summed E-state index contributed by atoms with van der Waals surface area (Å²) in [4.78, 5) is 10.6. The predicted octanol–water partition coefficient (Wildman–Crippen LogP) is 3.14. The third kappa shape index (κ3) is 5.14. The molecule has 0 aliphatic heterocycles. The maximum atomic E-state index is 10.6. The lowest BCUT2D eigenvalue weighted by molar-refractivity contribution is 0.249. The zero-order chi connectivity index (χ0) is 13.5. The van der Waals surface area contributed by atoms with Crippen LogP contribution in [0.5, 0.6) is 0 Å². The lowest BCUT2D eigenvalue weighted by atomic mass is 10.1. The minimum Gasteiger partial charge on any atom is -0.350 e. The van der Waals surface area contributed by atoms with Crippen molar-refractivity contribution in [1.29, 1.82) is 0 Å². The van der Waals surface area contributed by atoms with E-state index in [1.54, 1.807) is 0 Å². The molecule has 0 unspecified atom stereocenters. The van der Waals surface area contributed by atoms with E-state index < -0.39 is 6.03 Å². The van der Waals surface area contributed by atoms with Gasteiger partial charge in [0.25, 0.3) is 0 Å². The lowest BCUT2D eigenvalue weighted by Crippen LogP contribution is -2.26. The van der Waals surface area contributed by atoms with Gasteiger partial charge in [-0.3, -0.25) is 0 Å². The van der Waals surface area contributed by atoms with Gasteiger partial charge in [-0.2, -0.15) is 5.10 Å². The molecule has 0 fully saturated rings. The normalized spacial score (nSPS) is 12.1. The summed E-state index contributed by atoms with van der Waals surface area (Å²) >= 11 is 3.38. The average Bonchev–Trinajstić information content (AvgIpc) is 2.30. The fourth-order valence-electron chi connectivity index (χ4n) is 1.23. The number of nitrogens with two attached hydrogens (primary N) is 1. The summed E-state index contributed by atoms with van der Waals surface area (Å²) in [6, 6.07) is 7.24. The van der Waals surface area contributed by atoms with Crippen LogP contribution >= 0.6 is 15.9 Å². The number of hydrogen-bond acceptors (Lipinski definition) is 2. The molecule has 1 rings (SSSR count). The van der Waals surface area contributed by atoms with Crippen LogP contribution in [0, 0.1) is 5.92 Å². The first kappa shape index (κ1) is 14.4. The zero-order valence-electron chi connectivity index (χ0n) is 10.4. The summed E-state index contributed by atoms with van der Waals surface area (Å²) in [6.45, 7) is 3.99. The topological polar surface area (TPSA) is 67.5 Å². The van der Waals surface area contributed by atoms with Crippen molar-refractivity contribution in [1.82, 2.24) is 5.43 Å². The van der Waals surface area contributed by atoms with E-state index in [0.717, 1.165) is 15.7 Å². The Hall–Kier alpha value is -1.62. The van der Waals surface area contributed by atoms with Gasteiger partial charge in [-0.1, -0.05) is 48.0 Å². The highest BCUT2D eigenvalue weighted by molar-refractivity contribution is 9.10. The van der Waals surface area contributed by atoms with E-state index >= 15 is 0 Å². The fraction of sp³-hybridized carbons (Fsp3) is 0.231. The van der Waals surface area contributed by atoms with Gasteiger partial charge in [-0.05, 0) is 29.7 Å². The number of nitrogens with zero attached hydrogens (tertiary/aromatic N) is 1. The third-order valence-corrected chi connectivity index (χ3v) is 2.73. The Morgan fingerprint density at radius 1 is 1.39 bits per heavy atom. The van der Waals surface area contributed by atoms with Gasteiger partial charge >= 0.3 is 6.03 Å². The van der Waals surface area contributed by atoms with Crippen molar-refractivity contribution in [3.05, 3.63) is 40.4 Å². The lowest BCUT2D eigenvalue weighted by Gasteiger charge is -2.05. The summed E-state index contributed by atoms with van der Waals surface area (Å²) < 4.78 is 1.03. The quantitative estimate of drug-likeness (QED) is 0.651. The van der Waals surface area contributed by atoms with Crippen molar-refractivity contribution in [2.75, 3.05) is 0 Å². The van der Waals surface area contributed by atoms with Gasteiger partial charge in [-0.15, -0.1) is 0 Å². The minimum absolute atomic E-state index is 0.198. The number of urea groups is 1. The van der Waals surface area contributed by atoms with Crippen LogP contribution in [0.3, 0.4) is 0 Å². The van der Waals surface area contributed by atoms with Crippen LogP contribution in [0.2, 0.25) is 0 Å². The monoisotopic (exact) mass is 309 g/mol. The van der Waals surface area contributed by atoms with Crippen molar-refractivity contribution >= 4 is 33.7 Å². The number of halogens is 1. The third-order valence-electron chi connectivity index (χ3n) is 2.20. The van der Waals surface area contributed by atoms with Gasteiger partial charge < -0.3 is 5.73 Å². The second-order valence-corrected chi connectivity index (χ2v) is 4.97. The van der Waals surface area contributed by atoms with Crippen molar-refractivity contribution in [3.63, 3.8) is 0 Å². The molecular weight excluding hydrogens is 294 g/mol. The molecule has 0 bridgehead atoms. The molecule has 0 spiro atoms. The second kappa shape index (κ2) is 6.96. The molecule has 0 saturated heterocycles. The van der Waals surface area contributed by atoms with Gasteiger partial charge in [0, 0.05) is 4.47 Å². The van der Waals surface area contributed by atoms with Crippen LogP contribution in [0.25, 0.3) is 6.08 Å². The van der Waals surface area contributed by atoms with E-state index in [0.29, 0.717) is 0 Å². The Labute approximate surface area is 115 Å². The Morgan fingerprint density at radius 3 is 2.50 bits per heavy atom. The standard InChI is InChI=1S/C13H16BrN3O/c1-9(2)12(16-17-13(15)18)8-5-10-3-6-11(14)7-4-10/h3-9H,1-2H3,(H3,15,17,18)/b8-5+,16-12+. The number of benzene rings is 1. The van der Waals surface area contributed by atoms with Crippen molar-refractivity contribution in [3.8, 4) is 0 Å². The van der Waals surface area contributed by atoms with E-state index in [1.165, 1.54) is 0 Å². The Balaban J connectivity index is 2.80. The van der Waals surface area contributed by atoms with Crippen molar-refractivity contribution in [2.24, 2.45) is 16.8 Å². The Morgan fingerprint density at radius 2 is 2.00 bits per heavy atom. The molecule has 5 heteroatoms. The summed E-state index contributed by atoms with van der Waals surface area (Å²) in [5.41, 5.74) is 9.04. The number of carbonyl (C=O) groups is 1. The van der Waals surface area contributed by atoms with E-state index in [2.05, 4.69) is 26.5 Å². The van der Waals surface area contributed by atoms with E-state index in [1.807, 2.05) is 50.3 Å². The van der Waals surface area contributed by atoms with Crippen LogP contribution in [-0.4, -0.2) is 11.7 Å². The molecule has 96 valence electrons. The first-order valence-electron chi connectivity index (χ1n) is 5.55. The molecule has 0 aliphatic carbocycles. The number of nitrogens with one attached hydrogen (secondary N) is 1. The molecule has 0 aromatic heterocycles. The van der Waals surface area contributed by atoms with E-state index in [9.17, 15) is 4.79 Å². The summed E-state index contributed by atoms with van der Waals surface area (Å²) in [7, 11) is 0. The van der Waals surface area contributed by atoms with Gasteiger partial charge in [0.2, 0.25) is 0 Å². The molecule has 2 amide bonds.